The highest BCUT2D eigenvalue weighted by atomic mass is 16.6. The van der Waals surface area contributed by atoms with E-state index in [4.69, 9.17) is 18.9 Å². The lowest BCUT2D eigenvalue weighted by atomic mass is 9.86. The minimum atomic E-state index is 0.201. The molecule has 0 fully saturated rings. The molecular weight excluding hydrogens is 362 g/mol. The van der Waals surface area contributed by atoms with Crippen molar-refractivity contribution in [2.45, 2.75) is 34.1 Å². The van der Waals surface area contributed by atoms with Gasteiger partial charge >= 0.3 is 5.95 Å². The topological polar surface area (TPSA) is 44.5 Å². The Morgan fingerprint density at radius 1 is 0.931 bits per heavy atom. The van der Waals surface area contributed by atoms with Crippen LogP contribution in [0.4, 0.5) is 0 Å². The van der Waals surface area contributed by atoms with E-state index in [0.717, 1.165) is 28.6 Å². The molecular formula is C25H23NO3. The third-order valence-corrected chi connectivity index (χ3v) is 5.12. The Hall–Kier alpha value is -3.27. The standard InChI is InChI=1S/C25H23NO3/c1-15-14-26-19(12-16(15)13-25(2,3)4)17-8-7-9-18-22(17)29-24-23(18)27-20-10-5-6-11-21(20)28-24/h5-12,14H,13H2,1-4H3. The van der Waals surface area contributed by atoms with Gasteiger partial charge in [-0.3, -0.25) is 4.98 Å². The van der Waals surface area contributed by atoms with Crippen LogP contribution in [0, 0.1) is 12.3 Å². The number of ether oxygens (including phenoxy) is 2. The molecule has 2 aromatic carbocycles. The van der Waals surface area contributed by atoms with Crippen LogP contribution in [0.1, 0.15) is 31.9 Å². The van der Waals surface area contributed by atoms with Crippen molar-refractivity contribution < 1.29 is 13.9 Å². The van der Waals surface area contributed by atoms with Gasteiger partial charge in [0.25, 0.3) is 0 Å². The average Bonchev–Trinajstić information content (AvgIpc) is 3.04. The van der Waals surface area contributed by atoms with Gasteiger partial charge in [-0.2, -0.15) is 0 Å². The summed E-state index contributed by atoms with van der Waals surface area (Å²) in [5, 5.41) is 0.881. The first-order valence-corrected chi connectivity index (χ1v) is 9.85. The minimum absolute atomic E-state index is 0.201. The molecule has 0 saturated heterocycles. The van der Waals surface area contributed by atoms with Gasteiger partial charge in [-0.25, -0.2) is 0 Å². The smallest absolute Gasteiger partial charge is 0.336 e. The SMILES string of the molecule is Cc1cnc(-c2cccc3c4c(oc23)Oc2ccccc2O4)cc1CC(C)(C)C. The van der Waals surface area contributed by atoms with Crippen LogP contribution in [0.25, 0.3) is 22.2 Å². The molecule has 0 N–H and O–H groups in total. The molecule has 146 valence electrons. The summed E-state index contributed by atoms with van der Waals surface area (Å²) < 4.78 is 18.2. The van der Waals surface area contributed by atoms with Gasteiger partial charge in [0.05, 0.1) is 11.1 Å². The number of furan rings is 1. The first-order valence-electron chi connectivity index (χ1n) is 9.85. The predicted octanol–water partition coefficient (Wildman–Crippen LogP) is 7.29. The Labute approximate surface area is 170 Å². The number of aryl methyl sites for hydroxylation is 1. The second-order valence-corrected chi connectivity index (χ2v) is 8.79. The van der Waals surface area contributed by atoms with Gasteiger partial charge in [-0.05, 0) is 60.2 Å². The molecule has 3 heterocycles. The first kappa shape index (κ1) is 17.8. The lowest BCUT2D eigenvalue weighted by Gasteiger charge is -2.20. The fraction of sp³-hybridized carbons (Fsp3) is 0.240. The van der Waals surface area contributed by atoms with Crippen LogP contribution >= 0.6 is 0 Å². The third-order valence-electron chi connectivity index (χ3n) is 5.12. The van der Waals surface area contributed by atoms with E-state index in [1.807, 2.05) is 48.7 Å². The van der Waals surface area contributed by atoms with Crippen molar-refractivity contribution in [3.63, 3.8) is 0 Å². The summed E-state index contributed by atoms with van der Waals surface area (Å²) in [7, 11) is 0. The van der Waals surface area contributed by atoms with Gasteiger partial charge in [0, 0.05) is 11.8 Å². The summed E-state index contributed by atoms with van der Waals surface area (Å²) in [5.74, 6) is 2.34. The Kier molecular flexibility index (Phi) is 3.91. The van der Waals surface area contributed by atoms with E-state index in [2.05, 4.69) is 33.8 Å². The predicted molar refractivity (Wildman–Crippen MR) is 114 cm³/mol. The molecule has 29 heavy (non-hydrogen) atoms. The van der Waals surface area contributed by atoms with Crippen molar-refractivity contribution in [2.75, 3.05) is 0 Å². The summed E-state index contributed by atoms with van der Waals surface area (Å²) in [6.07, 6.45) is 2.93. The molecule has 2 aromatic heterocycles. The molecule has 4 aromatic rings. The zero-order valence-corrected chi connectivity index (χ0v) is 17.1. The molecule has 1 aliphatic rings. The average molecular weight is 385 g/mol. The minimum Gasteiger partial charge on any atom is -0.445 e. The summed E-state index contributed by atoms with van der Waals surface area (Å²) in [6.45, 7) is 8.86. The van der Waals surface area contributed by atoms with Crippen LogP contribution in [0.3, 0.4) is 0 Å². The monoisotopic (exact) mass is 385 g/mol. The Bertz CT molecular complexity index is 1230. The van der Waals surface area contributed by atoms with Crippen molar-refractivity contribution in [3.05, 3.63) is 65.9 Å². The molecule has 0 spiro atoms. The molecule has 0 aliphatic carbocycles. The Morgan fingerprint density at radius 2 is 1.69 bits per heavy atom. The van der Waals surface area contributed by atoms with E-state index in [-0.39, 0.29) is 5.41 Å². The number of aromatic nitrogens is 1. The number of benzene rings is 2. The van der Waals surface area contributed by atoms with Gasteiger partial charge in [-0.15, -0.1) is 0 Å². The Balaban J connectivity index is 1.63. The largest absolute Gasteiger partial charge is 0.445 e. The maximum absolute atomic E-state index is 6.12. The molecule has 0 bridgehead atoms. The van der Waals surface area contributed by atoms with Crippen molar-refractivity contribution in [3.8, 4) is 34.5 Å². The van der Waals surface area contributed by atoms with E-state index < -0.39 is 0 Å². The van der Waals surface area contributed by atoms with E-state index in [1.54, 1.807) is 0 Å². The molecule has 0 unspecified atom stereocenters. The van der Waals surface area contributed by atoms with Crippen LogP contribution in [0.5, 0.6) is 23.2 Å². The van der Waals surface area contributed by atoms with Gasteiger partial charge in [0.2, 0.25) is 5.75 Å². The molecule has 4 nitrogen and oxygen atoms in total. The van der Waals surface area contributed by atoms with Crippen molar-refractivity contribution in [1.29, 1.82) is 0 Å². The van der Waals surface area contributed by atoms with Crippen molar-refractivity contribution in [2.24, 2.45) is 5.41 Å². The Morgan fingerprint density at radius 3 is 2.45 bits per heavy atom. The normalized spacial score (nSPS) is 12.8. The lowest BCUT2D eigenvalue weighted by molar-refractivity contribution is 0.295. The van der Waals surface area contributed by atoms with Crippen LogP contribution in [0.2, 0.25) is 0 Å². The summed E-state index contributed by atoms with van der Waals surface area (Å²) in [4.78, 5) is 4.69. The molecule has 4 heteroatoms. The third kappa shape index (κ3) is 3.15. The zero-order chi connectivity index (χ0) is 20.2. The first-order chi connectivity index (χ1) is 13.9. The highest BCUT2D eigenvalue weighted by Gasteiger charge is 2.27. The van der Waals surface area contributed by atoms with Gasteiger partial charge < -0.3 is 13.9 Å². The van der Waals surface area contributed by atoms with Gasteiger partial charge in [0.1, 0.15) is 0 Å². The van der Waals surface area contributed by atoms with Crippen LogP contribution in [0.15, 0.2) is 59.1 Å². The highest BCUT2D eigenvalue weighted by molar-refractivity contribution is 5.97. The number of pyridine rings is 1. The van der Waals surface area contributed by atoms with E-state index in [0.29, 0.717) is 23.2 Å². The molecule has 0 atom stereocenters. The molecule has 0 amide bonds. The number of para-hydroxylation sites is 3. The highest BCUT2D eigenvalue weighted by Crippen LogP contribution is 2.51. The quantitative estimate of drug-likeness (QED) is 0.320. The number of hydrogen-bond donors (Lipinski definition) is 0. The fourth-order valence-electron chi connectivity index (χ4n) is 3.74. The fourth-order valence-corrected chi connectivity index (χ4v) is 3.74. The molecule has 5 rings (SSSR count). The van der Waals surface area contributed by atoms with Crippen LogP contribution in [-0.4, -0.2) is 4.98 Å². The summed E-state index contributed by atoms with van der Waals surface area (Å²) in [5.41, 5.74) is 5.26. The number of hydrogen-bond acceptors (Lipinski definition) is 4. The molecule has 0 saturated carbocycles. The second kappa shape index (κ2) is 6.38. The number of fused-ring (bicyclic) bond motifs is 4. The summed E-state index contributed by atoms with van der Waals surface area (Å²) >= 11 is 0. The van der Waals surface area contributed by atoms with Crippen LogP contribution < -0.4 is 9.47 Å². The number of rotatable bonds is 2. The van der Waals surface area contributed by atoms with Gasteiger partial charge in [0.15, 0.2) is 17.1 Å². The second-order valence-electron chi connectivity index (χ2n) is 8.79. The van der Waals surface area contributed by atoms with Crippen molar-refractivity contribution >= 4 is 11.0 Å². The zero-order valence-electron chi connectivity index (χ0n) is 17.1. The van der Waals surface area contributed by atoms with Crippen LogP contribution in [-0.2, 0) is 6.42 Å². The summed E-state index contributed by atoms with van der Waals surface area (Å²) in [6, 6.07) is 15.8. The van der Waals surface area contributed by atoms with Crippen molar-refractivity contribution in [1.82, 2.24) is 4.98 Å². The lowest BCUT2D eigenvalue weighted by Crippen LogP contribution is -2.10. The van der Waals surface area contributed by atoms with E-state index >= 15 is 0 Å². The van der Waals surface area contributed by atoms with E-state index in [1.165, 1.54) is 11.1 Å². The maximum atomic E-state index is 6.12. The van der Waals surface area contributed by atoms with E-state index in [9.17, 15) is 0 Å². The maximum Gasteiger partial charge on any atom is 0.336 e. The number of nitrogens with zero attached hydrogens (tertiary/aromatic N) is 1. The van der Waals surface area contributed by atoms with Gasteiger partial charge in [-0.1, -0.05) is 39.0 Å². The molecule has 0 radical (unpaired) electrons. The molecule has 1 aliphatic heterocycles.